The lowest BCUT2D eigenvalue weighted by Gasteiger charge is -2.26. The van der Waals surface area contributed by atoms with E-state index in [9.17, 15) is 14.7 Å². The van der Waals surface area contributed by atoms with Crippen LogP contribution in [0.4, 0.5) is 10.5 Å². The minimum atomic E-state index is -0.892. The predicted octanol–water partition coefficient (Wildman–Crippen LogP) is 4.29. The maximum Gasteiger partial charge on any atom is 0.412 e. The number of esters is 1. The molecule has 0 fully saturated rings. The highest BCUT2D eigenvalue weighted by molar-refractivity contribution is 7.98. The summed E-state index contributed by atoms with van der Waals surface area (Å²) in [4.78, 5) is 25.1. The summed E-state index contributed by atoms with van der Waals surface area (Å²) in [5, 5.41) is 12.9. The summed E-state index contributed by atoms with van der Waals surface area (Å²) in [7, 11) is 2.90. The molecule has 2 rings (SSSR count). The van der Waals surface area contributed by atoms with Crippen LogP contribution >= 0.6 is 24.4 Å². The molecular formula is C22H27NO7S2. The summed E-state index contributed by atoms with van der Waals surface area (Å²) in [5.41, 5.74) is 1.06. The molecule has 0 bridgehead atoms. The minimum Gasteiger partial charge on any atom is -0.504 e. The van der Waals surface area contributed by atoms with Crippen molar-refractivity contribution < 1.29 is 33.6 Å². The molecule has 32 heavy (non-hydrogen) atoms. The van der Waals surface area contributed by atoms with E-state index in [-0.39, 0.29) is 30.3 Å². The molecule has 0 aromatic heterocycles. The van der Waals surface area contributed by atoms with Gasteiger partial charge >= 0.3 is 12.1 Å². The first-order chi connectivity index (χ1) is 15.4. The van der Waals surface area contributed by atoms with E-state index in [1.54, 1.807) is 36.0 Å². The Morgan fingerprint density at radius 2 is 1.88 bits per heavy atom. The second-order valence-electron chi connectivity index (χ2n) is 6.55. The van der Waals surface area contributed by atoms with E-state index >= 15 is 0 Å². The highest BCUT2D eigenvalue weighted by Crippen LogP contribution is 2.33. The molecular weight excluding hydrogens is 454 g/mol. The van der Waals surface area contributed by atoms with E-state index in [4.69, 9.17) is 18.9 Å². The van der Waals surface area contributed by atoms with Gasteiger partial charge < -0.3 is 24.1 Å². The average molecular weight is 482 g/mol. The van der Waals surface area contributed by atoms with E-state index in [0.29, 0.717) is 11.3 Å². The standard InChI is InChI=1S/C22H27NO7S2/c1-27-18-9-4-14(12-17(18)24)21(19(28-2)10-11-29-20(25)13-31)30-22(26)23-15-5-7-16(32-3)8-6-15/h4-9,12,19,21,24,31H,10-11,13H2,1-3H3,(H,23,26)/t19-,21-/m0/s1. The molecule has 0 aliphatic rings. The van der Waals surface area contributed by atoms with Crippen LogP contribution in [0.2, 0.25) is 0 Å². The van der Waals surface area contributed by atoms with Crippen molar-refractivity contribution >= 4 is 42.1 Å². The van der Waals surface area contributed by atoms with Crippen molar-refractivity contribution in [3.05, 3.63) is 48.0 Å². The maximum atomic E-state index is 12.6. The van der Waals surface area contributed by atoms with Gasteiger partial charge in [0.25, 0.3) is 0 Å². The fourth-order valence-corrected chi connectivity index (χ4v) is 3.41. The number of phenolic OH excluding ortho intramolecular Hbond substituents is 1. The quantitative estimate of drug-likeness (QED) is 0.248. The van der Waals surface area contributed by atoms with Crippen LogP contribution in [0.5, 0.6) is 11.5 Å². The van der Waals surface area contributed by atoms with Gasteiger partial charge in [-0.3, -0.25) is 10.1 Å². The van der Waals surface area contributed by atoms with Gasteiger partial charge in [0.2, 0.25) is 0 Å². The number of carbonyl (C=O) groups is 2. The number of carbonyl (C=O) groups excluding carboxylic acids is 2. The van der Waals surface area contributed by atoms with Crippen molar-refractivity contribution in [3.8, 4) is 11.5 Å². The molecule has 2 aromatic rings. The van der Waals surface area contributed by atoms with Gasteiger partial charge in [0.05, 0.1) is 19.5 Å². The van der Waals surface area contributed by atoms with Crippen molar-refractivity contribution in [2.24, 2.45) is 0 Å². The number of thiol groups is 1. The van der Waals surface area contributed by atoms with Crippen LogP contribution in [0.25, 0.3) is 0 Å². The van der Waals surface area contributed by atoms with Gasteiger partial charge in [-0.2, -0.15) is 12.6 Å². The average Bonchev–Trinajstić information content (AvgIpc) is 2.81. The third kappa shape index (κ3) is 7.54. The van der Waals surface area contributed by atoms with Crippen LogP contribution < -0.4 is 10.1 Å². The summed E-state index contributed by atoms with van der Waals surface area (Å²) in [5.74, 6) is -0.332. The molecule has 174 valence electrons. The Balaban J connectivity index is 2.20. The fourth-order valence-electron chi connectivity index (χ4n) is 2.91. The van der Waals surface area contributed by atoms with Crippen LogP contribution in [0.3, 0.4) is 0 Å². The molecule has 8 nitrogen and oxygen atoms in total. The highest BCUT2D eigenvalue weighted by atomic mass is 32.2. The van der Waals surface area contributed by atoms with Crippen LogP contribution in [-0.4, -0.2) is 56.1 Å². The van der Waals surface area contributed by atoms with E-state index in [1.807, 2.05) is 18.4 Å². The van der Waals surface area contributed by atoms with E-state index in [2.05, 4.69) is 17.9 Å². The summed E-state index contributed by atoms with van der Waals surface area (Å²) in [6, 6.07) is 12.0. The Bertz CT molecular complexity index is 892. The van der Waals surface area contributed by atoms with Crippen molar-refractivity contribution in [1.82, 2.24) is 0 Å². The summed E-state index contributed by atoms with van der Waals surface area (Å²) in [6.45, 7) is 0.0532. The number of hydrogen-bond acceptors (Lipinski definition) is 9. The molecule has 0 radical (unpaired) electrons. The Kier molecular flexibility index (Phi) is 10.5. The Morgan fingerprint density at radius 1 is 1.16 bits per heavy atom. The molecule has 2 atom stereocenters. The molecule has 0 unspecified atom stereocenters. The molecule has 0 heterocycles. The maximum absolute atomic E-state index is 12.6. The van der Waals surface area contributed by atoms with Gasteiger partial charge in [-0.05, 0) is 48.2 Å². The highest BCUT2D eigenvalue weighted by Gasteiger charge is 2.28. The number of nitrogens with one attached hydrogen (secondary N) is 1. The third-order valence-corrected chi connectivity index (χ3v) is 5.54. The number of aromatic hydroxyl groups is 1. The molecule has 2 N–H and O–H groups in total. The number of benzene rings is 2. The molecule has 1 amide bonds. The molecule has 0 saturated carbocycles. The first kappa shape index (κ1) is 25.7. The lowest BCUT2D eigenvalue weighted by atomic mass is 10.0. The molecule has 0 saturated heterocycles. The Morgan fingerprint density at radius 3 is 2.44 bits per heavy atom. The molecule has 10 heteroatoms. The number of phenols is 1. The van der Waals surface area contributed by atoms with Gasteiger partial charge in [-0.15, -0.1) is 11.8 Å². The summed E-state index contributed by atoms with van der Waals surface area (Å²) >= 11 is 5.46. The number of thioether (sulfide) groups is 1. The third-order valence-electron chi connectivity index (χ3n) is 4.54. The normalized spacial score (nSPS) is 12.5. The Labute approximate surface area is 197 Å². The van der Waals surface area contributed by atoms with Crippen molar-refractivity contribution in [2.75, 3.05) is 38.2 Å². The first-order valence-electron chi connectivity index (χ1n) is 9.69. The molecule has 0 aliphatic heterocycles. The zero-order valence-corrected chi connectivity index (χ0v) is 19.8. The predicted molar refractivity (Wildman–Crippen MR) is 126 cm³/mol. The van der Waals surface area contributed by atoms with Crippen molar-refractivity contribution in [3.63, 3.8) is 0 Å². The number of anilines is 1. The van der Waals surface area contributed by atoms with Gasteiger partial charge in [-0.1, -0.05) is 6.07 Å². The summed E-state index contributed by atoms with van der Waals surface area (Å²) in [6.07, 6.45) is -0.0265. The van der Waals surface area contributed by atoms with Gasteiger partial charge in [-0.25, -0.2) is 4.79 Å². The second-order valence-corrected chi connectivity index (χ2v) is 7.75. The minimum absolute atomic E-state index is 0.0400. The largest absolute Gasteiger partial charge is 0.504 e. The first-order valence-corrected chi connectivity index (χ1v) is 11.5. The second kappa shape index (κ2) is 13.1. The SMILES string of the molecule is COc1ccc([C@H](OC(=O)Nc2ccc(SC)cc2)[C@H](CCOC(=O)CS)OC)cc1O. The smallest absolute Gasteiger partial charge is 0.412 e. The topological polar surface area (TPSA) is 103 Å². The van der Waals surface area contributed by atoms with E-state index < -0.39 is 24.3 Å². The lowest BCUT2D eigenvalue weighted by molar-refractivity contribution is -0.141. The number of amides is 1. The number of hydrogen-bond donors (Lipinski definition) is 3. The van der Waals surface area contributed by atoms with Gasteiger partial charge in [0.1, 0.15) is 6.10 Å². The number of ether oxygens (including phenoxy) is 4. The number of rotatable bonds is 11. The molecule has 0 aliphatic carbocycles. The lowest BCUT2D eigenvalue weighted by Crippen LogP contribution is -2.29. The van der Waals surface area contributed by atoms with Gasteiger partial charge in [0, 0.05) is 24.1 Å². The van der Waals surface area contributed by atoms with Crippen LogP contribution in [0.1, 0.15) is 18.1 Å². The van der Waals surface area contributed by atoms with Gasteiger partial charge in [0.15, 0.2) is 17.6 Å². The van der Waals surface area contributed by atoms with E-state index in [1.165, 1.54) is 20.3 Å². The van der Waals surface area contributed by atoms with Crippen LogP contribution in [0.15, 0.2) is 47.4 Å². The van der Waals surface area contributed by atoms with Crippen LogP contribution in [-0.2, 0) is 19.0 Å². The Hall–Kier alpha value is -2.56. The van der Waals surface area contributed by atoms with Crippen LogP contribution in [0, 0.1) is 0 Å². The zero-order chi connectivity index (χ0) is 23.5. The fraction of sp³-hybridized carbons (Fsp3) is 0.364. The number of methoxy groups -OCH3 is 2. The summed E-state index contributed by atoms with van der Waals surface area (Å²) < 4.78 is 21.4. The monoisotopic (exact) mass is 481 g/mol. The van der Waals surface area contributed by atoms with E-state index in [0.717, 1.165) is 4.90 Å². The molecule has 0 spiro atoms. The molecule has 2 aromatic carbocycles. The van der Waals surface area contributed by atoms with Crippen molar-refractivity contribution in [2.45, 2.75) is 23.5 Å². The zero-order valence-electron chi connectivity index (χ0n) is 18.1. The van der Waals surface area contributed by atoms with Crippen molar-refractivity contribution in [1.29, 1.82) is 0 Å².